The van der Waals surface area contributed by atoms with Crippen molar-refractivity contribution < 1.29 is 9.53 Å². The van der Waals surface area contributed by atoms with Crippen LogP contribution in [0.3, 0.4) is 0 Å². The van der Waals surface area contributed by atoms with Crippen molar-refractivity contribution in [3.05, 3.63) is 0 Å². The summed E-state index contributed by atoms with van der Waals surface area (Å²) in [6, 6.07) is 0. The van der Waals surface area contributed by atoms with Crippen molar-refractivity contribution in [2.75, 3.05) is 6.61 Å². The SMILES string of the molecule is CCCCOC(C)=O.[AsH3]. The molecule has 0 aromatic heterocycles. The van der Waals surface area contributed by atoms with E-state index in [0.29, 0.717) is 6.61 Å². The van der Waals surface area contributed by atoms with Crippen molar-refractivity contribution in [2.45, 2.75) is 26.7 Å². The van der Waals surface area contributed by atoms with Crippen molar-refractivity contribution in [1.82, 2.24) is 0 Å². The molecule has 0 N–H and O–H groups in total. The summed E-state index contributed by atoms with van der Waals surface area (Å²) in [7, 11) is 0. The average Bonchev–Trinajstić information content (AvgIpc) is 1.66. The summed E-state index contributed by atoms with van der Waals surface area (Å²) < 4.78 is 4.64. The second-order valence-corrected chi connectivity index (χ2v) is 1.69. The van der Waals surface area contributed by atoms with E-state index in [9.17, 15) is 4.79 Å². The van der Waals surface area contributed by atoms with E-state index in [-0.39, 0.29) is 23.9 Å². The minimum absolute atomic E-state index is 0. The zero-order chi connectivity index (χ0) is 6.41. The van der Waals surface area contributed by atoms with Gasteiger partial charge in [0.2, 0.25) is 0 Å². The second kappa shape index (κ2) is 8.03. The fourth-order valence-corrected chi connectivity index (χ4v) is 0.360. The number of carbonyl (C=O) groups excluding carboxylic acids is 1. The molecule has 3 heteroatoms. The van der Waals surface area contributed by atoms with E-state index in [4.69, 9.17) is 0 Å². The van der Waals surface area contributed by atoms with Crippen LogP contribution in [0.5, 0.6) is 0 Å². The Morgan fingerprint density at radius 1 is 1.56 bits per heavy atom. The zero-order valence-electron chi connectivity index (χ0n) is 6.14. The van der Waals surface area contributed by atoms with Crippen LogP contribution in [0.1, 0.15) is 26.7 Å². The molecule has 0 radical (unpaired) electrons. The summed E-state index contributed by atoms with van der Waals surface area (Å²) >= 11 is 0. The molecule has 0 bridgehead atoms. The molecule has 0 rings (SSSR count). The quantitative estimate of drug-likeness (QED) is 0.363. The molecule has 0 heterocycles. The molecule has 0 spiro atoms. The summed E-state index contributed by atoms with van der Waals surface area (Å²) in [5, 5.41) is 0. The molecular weight excluding hydrogens is 179 g/mol. The van der Waals surface area contributed by atoms with E-state index >= 15 is 0 Å². The summed E-state index contributed by atoms with van der Waals surface area (Å²) in [6.45, 7) is 4.06. The summed E-state index contributed by atoms with van der Waals surface area (Å²) in [5.74, 6) is -0.182. The third-order valence-corrected chi connectivity index (χ3v) is 0.803. The maximum absolute atomic E-state index is 10.1. The van der Waals surface area contributed by atoms with Crippen LogP contribution in [-0.2, 0) is 9.53 Å². The topological polar surface area (TPSA) is 26.3 Å². The first-order valence-corrected chi connectivity index (χ1v) is 2.90. The van der Waals surface area contributed by atoms with Crippen LogP contribution in [0.15, 0.2) is 0 Å². The Hall–Kier alpha value is 0.0284. The van der Waals surface area contributed by atoms with E-state index in [1.807, 2.05) is 0 Å². The number of esters is 1. The number of ether oxygens (including phenoxy) is 1. The molecule has 1 atom stereocenters. The van der Waals surface area contributed by atoms with Gasteiger partial charge in [0.15, 0.2) is 0 Å². The Morgan fingerprint density at radius 3 is 2.44 bits per heavy atom. The number of hydrogen-bond donors (Lipinski definition) is 0. The van der Waals surface area contributed by atoms with Gasteiger partial charge < -0.3 is 4.74 Å². The van der Waals surface area contributed by atoms with E-state index in [1.54, 1.807) is 0 Å². The number of unbranched alkanes of at least 4 members (excludes halogenated alkanes) is 1. The molecule has 0 aliphatic carbocycles. The molecule has 9 heavy (non-hydrogen) atoms. The normalized spacial score (nSPS) is 7.78. The van der Waals surface area contributed by atoms with Gasteiger partial charge in [0.1, 0.15) is 0 Å². The standard InChI is InChI=1S/C6H12O2.AsH3/c1-3-4-5-8-6(2)7;/h3-5H2,1-2H3;1H3. The van der Waals surface area contributed by atoms with E-state index in [0.717, 1.165) is 12.8 Å². The Balaban J connectivity index is 0. The molecule has 0 aromatic carbocycles. The van der Waals surface area contributed by atoms with Gasteiger partial charge in [-0.15, -0.1) is 0 Å². The molecule has 0 aromatic rings. The molecule has 0 amide bonds. The molecule has 1 unspecified atom stereocenters. The van der Waals surface area contributed by atoms with Crippen molar-refractivity contribution >= 4 is 23.9 Å². The van der Waals surface area contributed by atoms with Crippen LogP contribution in [0.2, 0.25) is 0 Å². The van der Waals surface area contributed by atoms with Crippen LogP contribution in [0.25, 0.3) is 0 Å². The Kier molecular flexibility index (Phi) is 10.5. The fraction of sp³-hybridized carbons (Fsp3) is 0.833. The van der Waals surface area contributed by atoms with Gasteiger partial charge in [-0.1, -0.05) is 13.3 Å². The maximum atomic E-state index is 10.1. The first-order chi connectivity index (χ1) is 3.77. The van der Waals surface area contributed by atoms with Crippen molar-refractivity contribution in [3.8, 4) is 0 Å². The molecule has 2 nitrogen and oxygen atoms in total. The minimum atomic E-state index is -0.182. The van der Waals surface area contributed by atoms with Crippen LogP contribution < -0.4 is 0 Å². The number of carbonyl (C=O) groups is 1. The van der Waals surface area contributed by atoms with Gasteiger partial charge in [-0.05, 0) is 6.42 Å². The second-order valence-electron chi connectivity index (χ2n) is 1.69. The van der Waals surface area contributed by atoms with Crippen LogP contribution in [0.4, 0.5) is 0 Å². The van der Waals surface area contributed by atoms with Gasteiger partial charge in [-0.2, -0.15) is 0 Å². The van der Waals surface area contributed by atoms with Gasteiger partial charge in [-0.25, -0.2) is 0 Å². The summed E-state index contributed by atoms with van der Waals surface area (Å²) in [4.78, 5) is 10.1. The predicted octanol–water partition coefficient (Wildman–Crippen LogP) is 0.166. The number of rotatable bonds is 3. The third-order valence-electron chi connectivity index (χ3n) is 0.803. The summed E-state index contributed by atoms with van der Waals surface area (Å²) in [6.07, 6.45) is 2.05. The van der Waals surface area contributed by atoms with E-state index in [2.05, 4.69) is 11.7 Å². The van der Waals surface area contributed by atoms with Gasteiger partial charge in [0, 0.05) is 6.92 Å². The zero-order valence-corrected chi connectivity index (χ0v) is 9.11. The molecule has 0 aliphatic rings. The van der Waals surface area contributed by atoms with Crippen molar-refractivity contribution in [3.63, 3.8) is 0 Å². The van der Waals surface area contributed by atoms with E-state index in [1.165, 1.54) is 6.92 Å². The Morgan fingerprint density at radius 2 is 2.11 bits per heavy atom. The molecule has 56 valence electrons. The van der Waals surface area contributed by atoms with Crippen molar-refractivity contribution in [1.29, 1.82) is 0 Å². The van der Waals surface area contributed by atoms with Crippen LogP contribution in [0, 0.1) is 0 Å². The van der Waals surface area contributed by atoms with Gasteiger partial charge >= 0.3 is 23.9 Å². The third kappa shape index (κ3) is 11.5. The van der Waals surface area contributed by atoms with E-state index < -0.39 is 0 Å². The molecule has 0 fully saturated rings. The summed E-state index contributed by atoms with van der Waals surface area (Å²) in [5.41, 5.74) is 0. The van der Waals surface area contributed by atoms with Crippen LogP contribution >= 0.6 is 0 Å². The first kappa shape index (κ1) is 11.8. The average molecular weight is 194 g/mol. The Labute approximate surface area is 67.3 Å². The van der Waals surface area contributed by atoms with Gasteiger partial charge in [0.05, 0.1) is 6.61 Å². The first-order valence-electron chi connectivity index (χ1n) is 2.90. The fourth-order valence-electron chi connectivity index (χ4n) is 0.360. The monoisotopic (exact) mass is 194 g/mol. The predicted molar refractivity (Wildman–Crippen MR) is 41.5 cm³/mol. The molecule has 0 aliphatic heterocycles. The van der Waals surface area contributed by atoms with Gasteiger partial charge in [0.25, 0.3) is 0 Å². The Bertz CT molecular complexity index is 73.5. The molecular formula is C6H15AsO2. The molecule has 0 saturated carbocycles. The van der Waals surface area contributed by atoms with Crippen molar-refractivity contribution in [2.24, 2.45) is 0 Å². The molecule has 0 saturated heterocycles. The number of hydrogen-bond acceptors (Lipinski definition) is 2. The van der Waals surface area contributed by atoms with Crippen LogP contribution in [-0.4, -0.2) is 30.5 Å². The van der Waals surface area contributed by atoms with Gasteiger partial charge in [-0.3, -0.25) is 4.79 Å².